The first-order valence-electron chi connectivity index (χ1n) is 4.12. The zero-order valence-electron chi connectivity index (χ0n) is 8.37. The SMILES string of the molecule is C=C(C)C(=O)OCC(O)COC#CC. The van der Waals surface area contributed by atoms with Crippen LogP contribution in [-0.2, 0) is 14.3 Å². The van der Waals surface area contributed by atoms with Crippen molar-refractivity contribution in [2.75, 3.05) is 13.2 Å². The third-order valence-electron chi connectivity index (χ3n) is 1.21. The van der Waals surface area contributed by atoms with Gasteiger partial charge in [0.25, 0.3) is 0 Å². The molecule has 0 aliphatic heterocycles. The molecule has 0 spiro atoms. The first-order valence-corrected chi connectivity index (χ1v) is 4.12. The summed E-state index contributed by atoms with van der Waals surface area (Å²) in [6.07, 6.45) is 1.46. The molecular formula is C10H14O4. The number of aliphatic hydroxyl groups excluding tert-OH is 1. The average molecular weight is 198 g/mol. The molecule has 1 unspecified atom stereocenters. The lowest BCUT2D eigenvalue weighted by molar-refractivity contribution is -0.142. The molecule has 0 aliphatic carbocycles. The standard InChI is InChI=1S/C10H14O4/c1-4-5-13-6-9(11)7-14-10(12)8(2)3/h9,11H,2,6-7H2,1,3H3. The first-order chi connectivity index (χ1) is 6.57. The van der Waals surface area contributed by atoms with Gasteiger partial charge in [0.1, 0.15) is 25.4 Å². The largest absolute Gasteiger partial charge is 0.459 e. The molecule has 0 rings (SSSR count). The lowest BCUT2D eigenvalue weighted by Crippen LogP contribution is -2.23. The van der Waals surface area contributed by atoms with Crippen LogP contribution in [0.25, 0.3) is 0 Å². The number of ether oxygens (including phenoxy) is 2. The Kier molecular flexibility index (Phi) is 6.25. The number of carbonyl (C=O) groups excluding carboxylic acids is 1. The van der Waals surface area contributed by atoms with Crippen LogP contribution in [0.15, 0.2) is 12.2 Å². The van der Waals surface area contributed by atoms with Gasteiger partial charge in [0.05, 0.1) is 0 Å². The molecule has 78 valence electrons. The van der Waals surface area contributed by atoms with Crippen LogP contribution in [0.4, 0.5) is 0 Å². The Bertz CT molecular complexity index is 259. The Labute approximate surface area is 83.5 Å². The van der Waals surface area contributed by atoms with Crippen molar-refractivity contribution in [3.05, 3.63) is 12.2 Å². The summed E-state index contributed by atoms with van der Waals surface area (Å²) < 4.78 is 9.39. The van der Waals surface area contributed by atoms with Crippen molar-refractivity contribution in [2.24, 2.45) is 0 Å². The molecule has 14 heavy (non-hydrogen) atoms. The van der Waals surface area contributed by atoms with Crippen molar-refractivity contribution in [2.45, 2.75) is 20.0 Å². The lowest BCUT2D eigenvalue weighted by Gasteiger charge is -2.09. The molecule has 4 heteroatoms. The van der Waals surface area contributed by atoms with Crippen molar-refractivity contribution >= 4 is 5.97 Å². The number of hydrogen-bond donors (Lipinski definition) is 1. The second-order valence-electron chi connectivity index (χ2n) is 2.70. The fraction of sp³-hybridized carbons (Fsp3) is 0.500. The quantitative estimate of drug-likeness (QED) is 0.396. The van der Waals surface area contributed by atoms with Gasteiger partial charge in [-0.25, -0.2) is 4.79 Å². The monoisotopic (exact) mass is 198 g/mol. The summed E-state index contributed by atoms with van der Waals surface area (Å²) in [6.45, 7) is 6.46. The van der Waals surface area contributed by atoms with E-state index in [0.29, 0.717) is 5.57 Å². The van der Waals surface area contributed by atoms with E-state index >= 15 is 0 Å². The Morgan fingerprint density at radius 1 is 1.57 bits per heavy atom. The highest BCUT2D eigenvalue weighted by atomic mass is 16.5. The van der Waals surface area contributed by atoms with Crippen LogP contribution in [0.3, 0.4) is 0 Å². The third kappa shape index (κ3) is 6.09. The second-order valence-corrected chi connectivity index (χ2v) is 2.70. The van der Waals surface area contributed by atoms with E-state index in [0.717, 1.165) is 0 Å². The molecule has 0 heterocycles. The molecule has 1 atom stereocenters. The highest BCUT2D eigenvalue weighted by Crippen LogP contribution is 1.94. The molecular weight excluding hydrogens is 184 g/mol. The van der Waals surface area contributed by atoms with E-state index in [1.807, 2.05) is 0 Å². The summed E-state index contributed by atoms with van der Waals surface area (Å²) in [4.78, 5) is 10.9. The first kappa shape index (κ1) is 12.5. The summed E-state index contributed by atoms with van der Waals surface area (Å²) in [5.41, 5.74) is 0.298. The van der Waals surface area contributed by atoms with Gasteiger partial charge in [-0.1, -0.05) is 12.5 Å². The molecule has 0 saturated carbocycles. The van der Waals surface area contributed by atoms with Crippen molar-refractivity contribution < 1.29 is 19.4 Å². The third-order valence-corrected chi connectivity index (χ3v) is 1.21. The number of esters is 1. The van der Waals surface area contributed by atoms with Gasteiger partial charge in [0.15, 0.2) is 0 Å². The molecule has 0 aromatic carbocycles. The fourth-order valence-corrected chi connectivity index (χ4v) is 0.553. The van der Waals surface area contributed by atoms with E-state index in [4.69, 9.17) is 4.74 Å². The topological polar surface area (TPSA) is 55.8 Å². The van der Waals surface area contributed by atoms with Gasteiger partial charge in [-0.3, -0.25) is 0 Å². The Morgan fingerprint density at radius 2 is 2.21 bits per heavy atom. The van der Waals surface area contributed by atoms with E-state index in [-0.39, 0.29) is 13.2 Å². The van der Waals surface area contributed by atoms with E-state index in [9.17, 15) is 9.90 Å². The molecule has 0 aliphatic rings. The smallest absolute Gasteiger partial charge is 0.333 e. The Hall–Kier alpha value is -1.47. The van der Waals surface area contributed by atoms with Crippen molar-refractivity contribution in [1.29, 1.82) is 0 Å². The zero-order valence-corrected chi connectivity index (χ0v) is 8.37. The Balaban J connectivity index is 3.61. The molecule has 0 amide bonds. The second kappa shape index (κ2) is 6.98. The van der Waals surface area contributed by atoms with Gasteiger partial charge >= 0.3 is 5.97 Å². The maximum Gasteiger partial charge on any atom is 0.333 e. The van der Waals surface area contributed by atoms with Gasteiger partial charge in [0, 0.05) is 12.5 Å². The predicted molar refractivity (Wildman–Crippen MR) is 51.2 cm³/mol. The van der Waals surface area contributed by atoms with E-state index in [1.54, 1.807) is 6.92 Å². The van der Waals surface area contributed by atoms with Crippen LogP contribution >= 0.6 is 0 Å². The highest BCUT2D eigenvalue weighted by Gasteiger charge is 2.09. The fourth-order valence-electron chi connectivity index (χ4n) is 0.553. The Morgan fingerprint density at radius 3 is 2.71 bits per heavy atom. The summed E-state index contributed by atoms with van der Waals surface area (Å²) in [5, 5.41) is 9.21. The highest BCUT2D eigenvalue weighted by molar-refractivity contribution is 5.86. The predicted octanol–water partition coefficient (Wildman–Crippen LogP) is 0.464. The van der Waals surface area contributed by atoms with Gasteiger partial charge in [-0.15, -0.1) is 0 Å². The summed E-state index contributed by atoms with van der Waals surface area (Å²) in [5.74, 6) is 1.98. The van der Waals surface area contributed by atoms with Crippen molar-refractivity contribution in [3.8, 4) is 12.0 Å². The van der Waals surface area contributed by atoms with Crippen LogP contribution in [0.1, 0.15) is 13.8 Å². The van der Waals surface area contributed by atoms with Crippen LogP contribution in [0, 0.1) is 12.0 Å². The molecule has 0 saturated heterocycles. The van der Waals surface area contributed by atoms with Crippen LogP contribution < -0.4 is 0 Å². The minimum Gasteiger partial charge on any atom is -0.459 e. The van der Waals surface area contributed by atoms with Crippen molar-refractivity contribution in [3.63, 3.8) is 0 Å². The van der Waals surface area contributed by atoms with Gasteiger partial charge in [0.2, 0.25) is 0 Å². The summed E-state index contributed by atoms with van der Waals surface area (Å²) in [7, 11) is 0. The minimum absolute atomic E-state index is 0.0182. The van der Waals surface area contributed by atoms with E-state index in [1.165, 1.54) is 6.92 Å². The number of rotatable bonds is 5. The number of hydrogen-bond acceptors (Lipinski definition) is 4. The molecule has 0 radical (unpaired) electrons. The van der Waals surface area contributed by atoms with Crippen LogP contribution in [-0.4, -0.2) is 30.4 Å². The maximum atomic E-state index is 10.9. The normalized spacial score (nSPS) is 10.8. The van der Waals surface area contributed by atoms with Crippen LogP contribution in [0.5, 0.6) is 0 Å². The molecule has 0 bridgehead atoms. The molecule has 1 N–H and O–H groups in total. The van der Waals surface area contributed by atoms with Gasteiger partial charge in [-0.05, 0) is 6.92 Å². The van der Waals surface area contributed by atoms with Crippen LogP contribution in [0.2, 0.25) is 0 Å². The van der Waals surface area contributed by atoms with E-state index < -0.39 is 12.1 Å². The molecule has 0 aromatic rings. The summed E-state index contributed by atoms with van der Waals surface area (Å²) in [6, 6.07) is 0. The van der Waals surface area contributed by atoms with Crippen molar-refractivity contribution in [1.82, 2.24) is 0 Å². The van der Waals surface area contributed by atoms with Gasteiger partial charge in [-0.2, -0.15) is 0 Å². The number of aliphatic hydroxyl groups is 1. The van der Waals surface area contributed by atoms with E-state index in [2.05, 4.69) is 23.3 Å². The molecule has 0 fully saturated rings. The minimum atomic E-state index is -0.862. The average Bonchev–Trinajstić information content (AvgIpc) is 2.14. The molecule has 4 nitrogen and oxygen atoms in total. The maximum absolute atomic E-state index is 10.9. The molecule has 0 aromatic heterocycles. The lowest BCUT2D eigenvalue weighted by atomic mass is 10.3. The zero-order chi connectivity index (χ0) is 11.0. The number of carbonyl (C=O) groups is 1. The summed E-state index contributed by atoms with van der Waals surface area (Å²) >= 11 is 0. The van der Waals surface area contributed by atoms with Gasteiger partial charge < -0.3 is 14.6 Å².